The molecule has 0 atom stereocenters. The molecule has 2 aromatic rings. The summed E-state index contributed by atoms with van der Waals surface area (Å²) in [4.78, 5) is 13.4. The Morgan fingerprint density at radius 2 is 1.77 bits per heavy atom. The Hall–Kier alpha value is -0.0336. The molecule has 0 N–H and O–H groups in total. The van der Waals surface area contributed by atoms with E-state index in [2.05, 4.69) is 20.4 Å². The van der Waals surface area contributed by atoms with E-state index in [9.17, 15) is 4.79 Å². The molecule has 0 saturated heterocycles. The number of rotatable bonds is 3. The normalized spacial score (nSPS) is 9.68. The number of fused-ring (bicyclic) bond motifs is 1. The zero-order valence-corrected chi connectivity index (χ0v) is 18.6. The van der Waals surface area contributed by atoms with Gasteiger partial charge in [-0.1, -0.05) is 64.6 Å². The van der Waals surface area contributed by atoms with Crippen LogP contribution in [0.2, 0.25) is 0 Å². The fraction of sp³-hybridized carbons (Fsp3) is 0.263. The van der Waals surface area contributed by atoms with Crippen molar-refractivity contribution in [3.8, 4) is 0 Å². The predicted molar refractivity (Wildman–Crippen MR) is 99.8 cm³/mol. The monoisotopic (exact) mass is 340 g/mol. The van der Waals surface area contributed by atoms with Crippen molar-refractivity contribution in [2.45, 2.75) is 27.7 Å². The summed E-state index contributed by atoms with van der Waals surface area (Å²) in [6.45, 7) is 12.0. The van der Waals surface area contributed by atoms with Crippen molar-refractivity contribution in [3.63, 3.8) is 0 Å². The fourth-order valence-corrected chi connectivity index (χ4v) is 2.78. The van der Waals surface area contributed by atoms with Gasteiger partial charge in [0, 0.05) is 20.5 Å². The van der Waals surface area contributed by atoms with Gasteiger partial charge in [-0.15, -0.1) is 11.3 Å². The molecular weight excluding hydrogens is 315 g/mol. The van der Waals surface area contributed by atoms with Gasteiger partial charge in [-0.05, 0) is 18.1 Å². The third kappa shape index (κ3) is 6.23. The number of hydrogen-bond acceptors (Lipinski definition) is 2. The maximum absolute atomic E-state index is 12.4. The van der Waals surface area contributed by atoms with Gasteiger partial charge in [0.25, 0.3) is 0 Å². The van der Waals surface area contributed by atoms with Gasteiger partial charge in [-0.2, -0.15) is 0 Å². The van der Waals surface area contributed by atoms with Crippen LogP contribution in [0.1, 0.15) is 38.1 Å². The maximum Gasteiger partial charge on any atom is 1.00 e. The Labute approximate surface area is 181 Å². The second-order valence-electron chi connectivity index (χ2n) is 4.51. The summed E-state index contributed by atoms with van der Waals surface area (Å²) in [6, 6.07) is 7.72. The summed E-state index contributed by atoms with van der Waals surface area (Å²) < 4.78 is 1.01. The first-order valence-electron chi connectivity index (χ1n) is 7.00. The largest absolute Gasteiger partial charge is 1.00 e. The van der Waals surface area contributed by atoms with Crippen LogP contribution in [0.25, 0.3) is 22.2 Å². The van der Waals surface area contributed by atoms with Crippen LogP contribution in [0.15, 0.2) is 41.7 Å². The topological polar surface area (TPSA) is 17.1 Å². The Bertz CT molecular complexity index is 669. The molecule has 0 aliphatic heterocycles. The number of allylic oxidation sites excluding steroid dienone is 1. The SMILES string of the molecule is C=Cc1sc2ccccc2c(=O)c1/C=C\C(C)C.CC.[CH3-].[K+]. The number of hydrogen-bond donors (Lipinski definition) is 0. The minimum Gasteiger partial charge on any atom is -0.358 e. The van der Waals surface area contributed by atoms with E-state index in [4.69, 9.17) is 0 Å². The van der Waals surface area contributed by atoms with Crippen LogP contribution >= 0.6 is 11.3 Å². The second-order valence-corrected chi connectivity index (χ2v) is 5.60. The molecular formula is C19H25KOS. The van der Waals surface area contributed by atoms with Crippen molar-refractivity contribution < 1.29 is 51.4 Å². The van der Waals surface area contributed by atoms with Crippen LogP contribution in [0, 0.1) is 13.3 Å². The van der Waals surface area contributed by atoms with Crippen LogP contribution in [0.3, 0.4) is 0 Å². The van der Waals surface area contributed by atoms with Gasteiger partial charge >= 0.3 is 51.4 Å². The molecule has 1 heterocycles. The van der Waals surface area contributed by atoms with E-state index >= 15 is 0 Å². The van der Waals surface area contributed by atoms with E-state index in [1.807, 2.05) is 50.3 Å². The summed E-state index contributed by atoms with van der Waals surface area (Å²) in [5.74, 6) is 0.429. The molecule has 1 aromatic heterocycles. The molecule has 0 saturated carbocycles. The van der Waals surface area contributed by atoms with Crippen LogP contribution in [-0.4, -0.2) is 0 Å². The van der Waals surface area contributed by atoms with Gasteiger partial charge in [0.1, 0.15) is 0 Å². The van der Waals surface area contributed by atoms with Crippen LogP contribution in [0.5, 0.6) is 0 Å². The first-order valence-corrected chi connectivity index (χ1v) is 7.81. The average Bonchev–Trinajstić information content (AvgIpc) is 2.48. The van der Waals surface area contributed by atoms with Crippen molar-refractivity contribution in [2.75, 3.05) is 0 Å². The molecule has 0 spiro atoms. The summed E-state index contributed by atoms with van der Waals surface area (Å²) >= 11 is 1.61. The predicted octanol–water partition coefficient (Wildman–Crippen LogP) is 3.05. The first-order chi connectivity index (χ1) is 9.63. The second kappa shape index (κ2) is 12.4. The molecule has 0 unspecified atom stereocenters. The van der Waals surface area contributed by atoms with Crippen molar-refractivity contribution in [1.82, 2.24) is 0 Å². The van der Waals surface area contributed by atoms with Crippen LogP contribution in [0.4, 0.5) is 0 Å². The summed E-state index contributed by atoms with van der Waals surface area (Å²) in [5, 5.41) is 0.788. The Morgan fingerprint density at radius 3 is 2.32 bits per heavy atom. The Kier molecular flexibility index (Phi) is 13.6. The van der Waals surface area contributed by atoms with Gasteiger partial charge in [-0.3, -0.25) is 4.79 Å². The van der Waals surface area contributed by atoms with E-state index in [0.717, 1.165) is 20.5 Å². The van der Waals surface area contributed by atoms with E-state index in [1.54, 1.807) is 17.4 Å². The third-order valence-electron chi connectivity index (χ3n) is 2.69. The number of benzene rings is 1. The van der Waals surface area contributed by atoms with E-state index in [-0.39, 0.29) is 64.2 Å². The van der Waals surface area contributed by atoms with Crippen molar-refractivity contribution >= 4 is 33.6 Å². The minimum atomic E-state index is 0. The maximum atomic E-state index is 12.4. The smallest absolute Gasteiger partial charge is 0.358 e. The molecule has 1 nitrogen and oxygen atoms in total. The molecule has 0 radical (unpaired) electrons. The van der Waals surface area contributed by atoms with Crippen molar-refractivity contribution in [1.29, 1.82) is 0 Å². The molecule has 1 aromatic carbocycles. The van der Waals surface area contributed by atoms with Crippen molar-refractivity contribution in [3.05, 3.63) is 65.0 Å². The van der Waals surface area contributed by atoms with Crippen molar-refractivity contribution in [2.24, 2.45) is 5.92 Å². The summed E-state index contributed by atoms with van der Waals surface area (Å²) in [5.41, 5.74) is 0.846. The fourth-order valence-electron chi connectivity index (χ4n) is 1.77. The van der Waals surface area contributed by atoms with Gasteiger partial charge in [0.15, 0.2) is 5.43 Å². The Balaban J connectivity index is 0. The minimum absolute atomic E-state index is 0. The molecule has 0 amide bonds. The molecule has 0 bridgehead atoms. The molecule has 22 heavy (non-hydrogen) atoms. The van der Waals surface area contributed by atoms with Gasteiger partial charge < -0.3 is 7.43 Å². The Morgan fingerprint density at radius 1 is 1.18 bits per heavy atom. The standard InChI is InChI=1S/C16H16OS.C2H6.CH3.K/c1-4-14-13(10-9-11(2)3)16(17)12-7-5-6-8-15(12)18-14;1-2;;/h4-11H,1H2,2-3H3;1-2H3;1H3;/q;;-1;+1/b10-9-;;;. The summed E-state index contributed by atoms with van der Waals surface area (Å²) in [6.07, 6.45) is 5.73. The van der Waals surface area contributed by atoms with E-state index in [0.29, 0.717) is 5.92 Å². The molecule has 2 rings (SSSR count). The molecule has 0 fully saturated rings. The van der Waals surface area contributed by atoms with E-state index < -0.39 is 0 Å². The van der Waals surface area contributed by atoms with Gasteiger partial charge in [0.2, 0.25) is 0 Å². The summed E-state index contributed by atoms with van der Waals surface area (Å²) in [7, 11) is 0. The van der Waals surface area contributed by atoms with E-state index in [1.165, 1.54) is 0 Å². The zero-order valence-electron chi connectivity index (χ0n) is 14.6. The molecule has 0 aliphatic rings. The molecule has 3 heteroatoms. The quantitative estimate of drug-likeness (QED) is 0.620. The third-order valence-corrected chi connectivity index (χ3v) is 3.88. The molecule has 114 valence electrons. The molecule has 0 aliphatic carbocycles. The average molecular weight is 341 g/mol. The van der Waals surface area contributed by atoms with Gasteiger partial charge in [-0.25, -0.2) is 0 Å². The van der Waals surface area contributed by atoms with Crippen LogP contribution in [-0.2, 0) is 0 Å². The van der Waals surface area contributed by atoms with Crippen LogP contribution < -0.4 is 56.8 Å². The zero-order chi connectivity index (χ0) is 15.1. The van der Waals surface area contributed by atoms with Gasteiger partial charge in [0.05, 0.1) is 0 Å². The first kappa shape index (κ1) is 24.2.